The summed E-state index contributed by atoms with van der Waals surface area (Å²) in [7, 11) is 1.67. The van der Waals surface area contributed by atoms with Crippen LogP contribution in [0, 0.1) is 0 Å². The number of anilines is 2. The quantitative estimate of drug-likeness (QED) is 0.801. The predicted octanol–water partition coefficient (Wildman–Crippen LogP) is 3.17. The second-order valence-electron chi connectivity index (χ2n) is 7.53. The Bertz CT molecular complexity index is 873. The van der Waals surface area contributed by atoms with Gasteiger partial charge in [0.2, 0.25) is 5.91 Å². The van der Waals surface area contributed by atoms with Crippen LogP contribution in [0.2, 0.25) is 0 Å². The van der Waals surface area contributed by atoms with Gasteiger partial charge in [-0.25, -0.2) is 0 Å². The molecule has 2 heterocycles. The second-order valence-corrected chi connectivity index (χ2v) is 7.53. The Balaban J connectivity index is 1.37. The molecule has 0 unspecified atom stereocenters. The Labute approximate surface area is 171 Å². The molecule has 0 radical (unpaired) electrons. The van der Waals surface area contributed by atoms with E-state index in [0.29, 0.717) is 25.1 Å². The van der Waals surface area contributed by atoms with Crippen molar-refractivity contribution in [3.05, 3.63) is 54.1 Å². The van der Waals surface area contributed by atoms with Gasteiger partial charge in [0.1, 0.15) is 5.75 Å². The van der Waals surface area contributed by atoms with E-state index >= 15 is 0 Å². The summed E-state index contributed by atoms with van der Waals surface area (Å²) < 4.78 is 5.31. The van der Waals surface area contributed by atoms with Crippen molar-refractivity contribution in [3.8, 4) is 5.75 Å². The number of piperidine rings is 1. The van der Waals surface area contributed by atoms with Gasteiger partial charge in [0.15, 0.2) is 0 Å². The van der Waals surface area contributed by atoms with Crippen LogP contribution in [0.1, 0.15) is 29.6 Å². The van der Waals surface area contributed by atoms with E-state index in [2.05, 4.69) is 11.0 Å². The maximum atomic E-state index is 12.9. The van der Waals surface area contributed by atoms with Gasteiger partial charge in [-0.3, -0.25) is 9.59 Å². The summed E-state index contributed by atoms with van der Waals surface area (Å²) in [6.45, 7) is 3.71. The van der Waals surface area contributed by atoms with Crippen molar-refractivity contribution in [3.63, 3.8) is 0 Å². The largest absolute Gasteiger partial charge is 0.497 e. The lowest BCUT2D eigenvalue weighted by Crippen LogP contribution is -2.48. The first kappa shape index (κ1) is 19.3. The maximum absolute atomic E-state index is 12.9. The first-order valence-corrected chi connectivity index (χ1v) is 10.2. The van der Waals surface area contributed by atoms with Gasteiger partial charge in [-0.05, 0) is 49.2 Å². The average molecular weight is 393 g/mol. The van der Waals surface area contributed by atoms with E-state index in [0.717, 1.165) is 49.6 Å². The summed E-state index contributed by atoms with van der Waals surface area (Å²) in [6.07, 6.45) is 2.61. The maximum Gasteiger partial charge on any atom is 0.253 e. The lowest BCUT2D eigenvalue weighted by molar-refractivity contribution is -0.119. The van der Waals surface area contributed by atoms with E-state index in [4.69, 9.17) is 4.74 Å². The van der Waals surface area contributed by atoms with Crippen molar-refractivity contribution in [2.75, 3.05) is 49.6 Å². The van der Waals surface area contributed by atoms with Crippen LogP contribution in [0.15, 0.2) is 48.5 Å². The van der Waals surface area contributed by atoms with Crippen molar-refractivity contribution < 1.29 is 14.3 Å². The summed E-state index contributed by atoms with van der Waals surface area (Å²) in [5, 5.41) is 0. The van der Waals surface area contributed by atoms with Crippen LogP contribution in [-0.2, 0) is 4.79 Å². The van der Waals surface area contributed by atoms with Crippen molar-refractivity contribution in [2.45, 2.75) is 19.3 Å². The number of ether oxygens (including phenoxy) is 1. The third-order valence-corrected chi connectivity index (χ3v) is 5.73. The minimum atomic E-state index is 0.0480. The zero-order valence-corrected chi connectivity index (χ0v) is 16.8. The molecule has 0 aliphatic carbocycles. The van der Waals surface area contributed by atoms with Crippen molar-refractivity contribution in [1.29, 1.82) is 0 Å². The van der Waals surface area contributed by atoms with Crippen LogP contribution in [-0.4, -0.2) is 56.5 Å². The molecule has 2 aliphatic rings. The van der Waals surface area contributed by atoms with E-state index in [-0.39, 0.29) is 11.8 Å². The van der Waals surface area contributed by atoms with Crippen molar-refractivity contribution >= 4 is 23.2 Å². The molecule has 0 saturated carbocycles. The standard InChI is InChI=1S/C23H27N3O3/c1-29-21-6-4-5-20(17-21)24-13-15-25(16-14-24)23(28)18-8-10-19(11-9-18)26-12-3-2-7-22(26)27/h4-6,8-11,17H,2-3,7,12-16H2,1H3. The van der Waals surface area contributed by atoms with Crippen LogP contribution >= 0.6 is 0 Å². The van der Waals surface area contributed by atoms with Crippen LogP contribution in [0.4, 0.5) is 11.4 Å². The van der Waals surface area contributed by atoms with Crippen LogP contribution in [0.5, 0.6) is 5.75 Å². The summed E-state index contributed by atoms with van der Waals surface area (Å²) in [4.78, 5) is 31.0. The van der Waals surface area contributed by atoms with Crippen molar-refractivity contribution in [2.24, 2.45) is 0 Å². The number of hydrogen-bond donors (Lipinski definition) is 0. The van der Waals surface area contributed by atoms with Crippen LogP contribution in [0.25, 0.3) is 0 Å². The number of carbonyl (C=O) groups excluding carboxylic acids is 2. The number of hydrogen-bond acceptors (Lipinski definition) is 4. The number of amides is 2. The van der Waals surface area contributed by atoms with E-state index < -0.39 is 0 Å². The van der Waals surface area contributed by atoms with Gasteiger partial charge >= 0.3 is 0 Å². The average Bonchev–Trinajstić information content (AvgIpc) is 2.79. The molecule has 0 aromatic heterocycles. The summed E-state index contributed by atoms with van der Waals surface area (Å²) >= 11 is 0. The molecule has 2 aromatic carbocycles. The molecular formula is C23H27N3O3. The fourth-order valence-electron chi connectivity index (χ4n) is 4.02. The molecule has 6 nitrogen and oxygen atoms in total. The highest BCUT2D eigenvalue weighted by Crippen LogP contribution is 2.24. The fourth-order valence-corrected chi connectivity index (χ4v) is 4.02. The molecular weight excluding hydrogens is 366 g/mol. The molecule has 2 fully saturated rings. The van der Waals surface area contributed by atoms with E-state index in [9.17, 15) is 9.59 Å². The molecule has 152 valence electrons. The predicted molar refractivity (Wildman–Crippen MR) is 114 cm³/mol. The molecule has 0 bridgehead atoms. The first-order chi connectivity index (χ1) is 14.2. The summed E-state index contributed by atoms with van der Waals surface area (Å²) in [5.74, 6) is 1.06. The molecule has 2 amide bonds. The minimum absolute atomic E-state index is 0.0480. The topological polar surface area (TPSA) is 53.1 Å². The smallest absolute Gasteiger partial charge is 0.253 e. The van der Waals surface area contributed by atoms with E-state index in [1.165, 1.54) is 0 Å². The van der Waals surface area contributed by atoms with Gasteiger partial charge in [0, 0.05) is 62.1 Å². The van der Waals surface area contributed by atoms with Crippen LogP contribution < -0.4 is 14.5 Å². The van der Waals surface area contributed by atoms with Gasteiger partial charge in [0.05, 0.1) is 7.11 Å². The first-order valence-electron chi connectivity index (χ1n) is 10.2. The number of piperazine rings is 1. The number of methoxy groups -OCH3 is 1. The summed E-state index contributed by atoms with van der Waals surface area (Å²) in [5.41, 5.74) is 2.68. The lowest BCUT2D eigenvalue weighted by Gasteiger charge is -2.36. The Kier molecular flexibility index (Phi) is 5.69. The van der Waals surface area contributed by atoms with Crippen LogP contribution in [0.3, 0.4) is 0 Å². The molecule has 2 aromatic rings. The molecule has 0 atom stereocenters. The number of benzene rings is 2. The Hall–Kier alpha value is -3.02. The second kappa shape index (κ2) is 8.55. The third-order valence-electron chi connectivity index (χ3n) is 5.73. The Morgan fingerprint density at radius 2 is 1.66 bits per heavy atom. The van der Waals surface area contributed by atoms with Gasteiger partial charge in [-0.2, -0.15) is 0 Å². The number of nitrogens with zero attached hydrogens (tertiary/aromatic N) is 3. The Morgan fingerprint density at radius 3 is 2.34 bits per heavy atom. The van der Waals surface area contributed by atoms with Crippen molar-refractivity contribution in [1.82, 2.24) is 4.90 Å². The van der Waals surface area contributed by atoms with E-state index in [1.807, 2.05) is 52.3 Å². The summed E-state index contributed by atoms with van der Waals surface area (Å²) in [6, 6.07) is 15.5. The third kappa shape index (κ3) is 4.21. The van der Waals surface area contributed by atoms with Gasteiger partial charge in [0.25, 0.3) is 5.91 Å². The zero-order chi connectivity index (χ0) is 20.2. The molecule has 2 aliphatic heterocycles. The molecule has 6 heteroatoms. The van der Waals surface area contributed by atoms with Gasteiger partial charge < -0.3 is 19.4 Å². The van der Waals surface area contributed by atoms with Gasteiger partial charge in [-0.15, -0.1) is 0 Å². The van der Waals surface area contributed by atoms with Gasteiger partial charge in [-0.1, -0.05) is 6.07 Å². The monoisotopic (exact) mass is 393 g/mol. The minimum Gasteiger partial charge on any atom is -0.497 e. The highest BCUT2D eigenvalue weighted by atomic mass is 16.5. The SMILES string of the molecule is COc1cccc(N2CCN(C(=O)c3ccc(N4CCCCC4=O)cc3)CC2)c1. The fraction of sp³-hybridized carbons (Fsp3) is 0.391. The highest BCUT2D eigenvalue weighted by molar-refractivity contribution is 5.97. The molecule has 4 rings (SSSR count). The molecule has 0 N–H and O–H groups in total. The number of rotatable bonds is 4. The lowest BCUT2D eigenvalue weighted by atomic mass is 10.1. The molecule has 29 heavy (non-hydrogen) atoms. The zero-order valence-electron chi connectivity index (χ0n) is 16.8. The highest BCUT2D eigenvalue weighted by Gasteiger charge is 2.24. The molecule has 2 saturated heterocycles. The Morgan fingerprint density at radius 1 is 0.897 bits per heavy atom. The normalized spacial score (nSPS) is 17.4. The number of carbonyl (C=O) groups is 2. The molecule has 0 spiro atoms. The van der Waals surface area contributed by atoms with E-state index in [1.54, 1.807) is 7.11 Å².